The zero-order valence-electron chi connectivity index (χ0n) is 16.6. The SMILES string of the molecule is CCCCS(CCCC)(CC(=O)CCC)OS(=O)(=O)c1ccc(C)cc1. The Labute approximate surface area is 161 Å². The van der Waals surface area contributed by atoms with Crippen LogP contribution in [-0.4, -0.2) is 31.5 Å². The summed E-state index contributed by atoms with van der Waals surface area (Å²) in [5.41, 5.74) is 0.998. The van der Waals surface area contributed by atoms with Crippen LogP contribution in [0.25, 0.3) is 0 Å². The molecule has 0 bridgehead atoms. The second kappa shape index (κ2) is 11.1. The molecule has 0 aromatic heterocycles. The van der Waals surface area contributed by atoms with Gasteiger partial charge in [-0.3, -0.25) is 4.79 Å². The van der Waals surface area contributed by atoms with Crippen LogP contribution in [0.5, 0.6) is 0 Å². The van der Waals surface area contributed by atoms with Crippen LogP contribution < -0.4 is 0 Å². The monoisotopic (exact) mass is 402 g/mol. The maximum atomic E-state index is 12.9. The van der Waals surface area contributed by atoms with Gasteiger partial charge in [0.2, 0.25) is 0 Å². The standard InChI is InChI=1S/C20H34O4S2/c1-5-8-15-25(16-9-6-2,17-19(21)10-7-3)24-26(22,23)20-13-11-18(4)12-14-20/h11-14H,5-10,15-17H2,1-4H3. The minimum atomic E-state index is -3.87. The van der Waals surface area contributed by atoms with E-state index < -0.39 is 20.4 Å². The van der Waals surface area contributed by atoms with E-state index in [1.165, 1.54) is 0 Å². The second-order valence-corrected chi connectivity index (χ2v) is 11.8. The molecular weight excluding hydrogens is 368 g/mol. The first-order valence-corrected chi connectivity index (χ1v) is 13.1. The molecule has 0 unspecified atom stereocenters. The number of carbonyl (C=O) groups excluding carboxylic acids is 1. The second-order valence-electron chi connectivity index (χ2n) is 6.85. The van der Waals surface area contributed by atoms with E-state index in [1.807, 2.05) is 13.8 Å². The highest BCUT2D eigenvalue weighted by atomic mass is 32.3. The molecule has 0 aliphatic carbocycles. The molecule has 0 aliphatic rings. The van der Waals surface area contributed by atoms with Gasteiger partial charge < -0.3 is 0 Å². The van der Waals surface area contributed by atoms with Gasteiger partial charge in [0.25, 0.3) is 0 Å². The van der Waals surface area contributed by atoms with Crippen LogP contribution in [0.3, 0.4) is 0 Å². The van der Waals surface area contributed by atoms with Crippen LogP contribution in [0.4, 0.5) is 0 Å². The van der Waals surface area contributed by atoms with Crippen molar-refractivity contribution in [3.8, 4) is 0 Å². The van der Waals surface area contributed by atoms with Gasteiger partial charge in [-0.1, -0.05) is 51.3 Å². The Morgan fingerprint density at radius 2 is 1.46 bits per heavy atom. The number of rotatable bonds is 13. The molecule has 0 N–H and O–H groups in total. The van der Waals surface area contributed by atoms with E-state index >= 15 is 0 Å². The van der Waals surface area contributed by atoms with Crippen molar-refractivity contribution in [2.24, 2.45) is 0 Å². The van der Waals surface area contributed by atoms with Crippen molar-refractivity contribution in [1.29, 1.82) is 0 Å². The summed E-state index contributed by atoms with van der Waals surface area (Å²) in [6, 6.07) is 6.71. The van der Waals surface area contributed by atoms with E-state index in [2.05, 4.69) is 13.8 Å². The van der Waals surface area contributed by atoms with Gasteiger partial charge in [0.1, 0.15) is 5.78 Å². The van der Waals surface area contributed by atoms with Crippen molar-refractivity contribution in [2.75, 3.05) is 17.3 Å². The topological polar surface area (TPSA) is 60.4 Å². The van der Waals surface area contributed by atoms with Crippen molar-refractivity contribution in [3.63, 3.8) is 0 Å². The fourth-order valence-corrected chi connectivity index (χ4v) is 8.63. The molecule has 0 atom stereocenters. The molecule has 0 saturated heterocycles. The molecule has 0 fully saturated rings. The number of benzene rings is 1. The average molecular weight is 403 g/mol. The lowest BCUT2D eigenvalue weighted by Crippen LogP contribution is -2.25. The number of unbranched alkanes of at least 4 members (excludes halogenated alkanes) is 2. The maximum Gasteiger partial charge on any atom is 0.306 e. The summed E-state index contributed by atoms with van der Waals surface area (Å²) in [5, 5.41) is 0. The van der Waals surface area contributed by atoms with E-state index in [0.717, 1.165) is 37.7 Å². The van der Waals surface area contributed by atoms with Gasteiger partial charge in [-0.2, -0.15) is 8.42 Å². The fourth-order valence-electron chi connectivity index (χ4n) is 2.73. The van der Waals surface area contributed by atoms with E-state index in [0.29, 0.717) is 17.9 Å². The predicted molar refractivity (Wildman–Crippen MR) is 111 cm³/mol. The number of Topliss-reactive ketones (excluding diaryl/α,β-unsaturated/α-hetero) is 1. The highest BCUT2D eigenvalue weighted by molar-refractivity contribution is 8.33. The lowest BCUT2D eigenvalue weighted by atomic mass is 10.2. The summed E-state index contributed by atoms with van der Waals surface area (Å²) in [4.78, 5) is 12.6. The Bertz CT molecular complexity index is 643. The van der Waals surface area contributed by atoms with Crippen LogP contribution in [0.2, 0.25) is 0 Å². The van der Waals surface area contributed by atoms with Crippen molar-refractivity contribution in [3.05, 3.63) is 29.8 Å². The Morgan fingerprint density at radius 1 is 0.923 bits per heavy atom. The Morgan fingerprint density at radius 3 is 1.92 bits per heavy atom. The number of aryl methyl sites for hydroxylation is 1. The molecule has 1 aromatic carbocycles. The van der Waals surface area contributed by atoms with Crippen LogP contribution in [0.15, 0.2) is 29.2 Å². The van der Waals surface area contributed by atoms with Gasteiger partial charge in [0.05, 0.1) is 10.6 Å². The van der Waals surface area contributed by atoms with E-state index in [-0.39, 0.29) is 16.4 Å². The summed E-state index contributed by atoms with van der Waals surface area (Å²) in [5.74, 6) is 1.72. The Kier molecular flexibility index (Phi) is 9.90. The van der Waals surface area contributed by atoms with Gasteiger partial charge >= 0.3 is 10.1 Å². The summed E-state index contributed by atoms with van der Waals surface area (Å²) in [6.07, 6.45) is 4.93. The average Bonchev–Trinajstić information content (AvgIpc) is 2.58. The van der Waals surface area contributed by atoms with Crippen LogP contribution in [-0.2, 0) is 18.5 Å². The Hall–Kier alpha value is -0.850. The van der Waals surface area contributed by atoms with Gasteiger partial charge in [-0.25, -0.2) is 3.63 Å². The first-order valence-electron chi connectivity index (χ1n) is 9.59. The number of hydrogen-bond donors (Lipinski definition) is 0. The summed E-state index contributed by atoms with van der Waals surface area (Å²) in [6.45, 7) is 8.04. The molecule has 1 rings (SSSR count). The van der Waals surface area contributed by atoms with Gasteiger partial charge in [-0.05, 0) is 38.3 Å². The fraction of sp³-hybridized carbons (Fsp3) is 0.650. The summed E-state index contributed by atoms with van der Waals surface area (Å²) >= 11 is 0. The molecule has 0 aliphatic heterocycles. The molecule has 0 radical (unpaired) electrons. The highest BCUT2D eigenvalue weighted by Gasteiger charge is 2.33. The molecule has 4 nitrogen and oxygen atoms in total. The lowest BCUT2D eigenvalue weighted by Gasteiger charge is -2.38. The van der Waals surface area contributed by atoms with E-state index in [4.69, 9.17) is 3.63 Å². The predicted octanol–water partition coefficient (Wildman–Crippen LogP) is 5.39. The molecule has 0 saturated carbocycles. The molecule has 6 heteroatoms. The van der Waals surface area contributed by atoms with E-state index in [9.17, 15) is 13.2 Å². The first-order chi connectivity index (χ1) is 12.3. The molecule has 1 aromatic rings. The first kappa shape index (κ1) is 23.2. The molecule has 26 heavy (non-hydrogen) atoms. The Balaban J connectivity index is 3.17. The summed E-state index contributed by atoms with van der Waals surface area (Å²) < 4.78 is 31.7. The minimum absolute atomic E-state index is 0.119. The molecule has 0 amide bonds. The third-order valence-corrected chi connectivity index (χ3v) is 9.87. The molecule has 0 heterocycles. The van der Waals surface area contributed by atoms with Gasteiger partial charge in [-0.15, -0.1) is 10.3 Å². The maximum absolute atomic E-state index is 12.9. The van der Waals surface area contributed by atoms with Crippen LogP contribution in [0, 0.1) is 6.92 Å². The third-order valence-electron chi connectivity index (χ3n) is 4.24. The largest absolute Gasteiger partial charge is 0.306 e. The van der Waals surface area contributed by atoms with Crippen molar-refractivity contribution >= 4 is 26.2 Å². The van der Waals surface area contributed by atoms with Crippen molar-refractivity contribution in [1.82, 2.24) is 0 Å². The van der Waals surface area contributed by atoms with E-state index in [1.54, 1.807) is 24.3 Å². The normalized spacial score (nSPS) is 12.9. The van der Waals surface area contributed by atoms with Crippen molar-refractivity contribution < 1.29 is 16.8 Å². The zero-order chi connectivity index (χ0) is 19.6. The summed E-state index contributed by atoms with van der Waals surface area (Å²) in [7, 11) is -5.87. The zero-order valence-corrected chi connectivity index (χ0v) is 18.3. The molecule has 150 valence electrons. The van der Waals surface area contributed by atoms with Gasteiger partial charge in [0.15, 0.2) is 0 Å². The quantitative estimate of drug-likeness (QED) is 0.444. The van der Waals surface area contributed by atoms with Crippen molar-refractivity contribution in [2.45, 2.75) is 71.1 Å². The number of hydrogen-bond acceptors (Lipinski definition) is 4. The molecular formula is C20H34O4S2. The third kappa shape index (κ3) is 7.41. The lowest BCUT2D eigenvalue weighted by molar-refractivity contribution is -0.116. The minimum Gasteiger partial charge on any atom is -0.299 e. The smallest absolute Gasteiger partial charge is 0.299 e. The van der Waals surface area contributed by atoms with Crippen LogP contribution in [0.1, 0.15) is 64.9 Å². The number of ketones is 1. The molecule has 0 spiro atoms. The highest BCUT2D eigenvalue weighted by Crippen LogP contribution is 2.53. The number of carbonyl (C=O) groups is 1. The van der Waals surface area contributed by atoms with Gasteiger partial charge in [0, 0.05) is 17.9 Å². The van der Waals surface area contributed by atoms with Crippen LogP contribution >= 0.6 is 10.3 Å².